The van der Waals surface area contributed by atoms with Gasteiger partial charge in [-0.25, -0.2) is 0 Å². The SMILES string of the molecule is NCC(NC(=O)CC1CCCO1)C1CCCC1. The average Bonchev–Trinajstić information content (AvgIpc) is 2.97. The summed E-state index contributed by atoms with van der Waals surface area (Å²) in [5.74, 6) is 0.702. The summed E-state index contributed by atoms with van der Waals surface area (Å²) in [5, 5.41) is 3.09. The molecule has 98 valence electrons. The van der Waals surface area contributed by atoms with Crippen LogP contribution in [0.15, 0.2) is 0 Å². The molecule has 1 aliphatic heterocycles. The molecule has 17 heavy (non-hydrogen) atoms. The van der Waals surface area contributed by atoms with E-state index in [0.717, 1.165) is 19.4 Å². The van der Waals surface area contributed by atoms with E-state index in [0.29, 0.717) is 18.9 Å². The number of hydrogen-bond donors (Lipinski definition) is 2. The van der Waals surface area contributed by atoms with Gasteiger partial charge < -0.3 is 15.8 Å². The van der Waals surface area contributed by atoms with Crippen LogP contribution in [0.2, 0.25) is 0 Å². The first-order valence-electron chi connectivity index (χ1n) is 6.90. The van der Waals surface area contributed by atoms with Gasteiger partial charge in [0.15, 0.2) is 0 Å². The molecule has 0 spiro atoms. The Morgan fingerprint density at radius 2 is 2.06 bits per heavy atom. The zero-order chi connectivity index (χ0) is 12.1. The molecule has 1 aliphatic carbocycles. The van der Waals surface area contributed by atoms with Gasteiger partial charge in [0.05, 0.1) is 12.5 Å². The Balaban J connectivity index is 1.74. The average molecular weight is 240 g/mol. The Labute approximate surface area is 103 Å². The van der Waals surface area contributed by atoms with Gasteiger partial charge in [-0.2, -0.15) is 0 Å². The first kappa shape index (κ1) is 12.8. The Morgan fingerprint density at radius 3 is 2.65 bits per heavy atom. The van der Waals surface area contributed by atoms with Gasteiger partial charge in [-0.15, -0.1) is 0 Å². The van der Waals surface area contributed by atoms with Crippen molar-refractivity contribution < 1.29 is 9.53 Å². The molecule has 2 rings (SSSR count). The molecule has 4 nitrogen and oxygen atoms in total. The zero-order valence-corrected chi connectivity index (χ0v) is 10.5. The second kappa shape index (κ2) is 6.36. The first-order chi connectivity index (χ1) is 8.29. The summed E-state index contributed by atoms with van der Waals surface area (Å²) in [4.78, 5) is 11.9. The van der Waals surface area contributed by atoms with Crippen LogP contribution in [0.25, 0.3) is 0 Å². The van der Waals surface area contributed by atoms with Crippen LogP contribution in [0.4, 0.5) is 0 Å². The number of nitrogens with two attached hydrogens (primary N) is 1. The number of amides is 1. The van der Waals surface area contributed by atoms with E-state index < -0.39 is 0 Å². The molecule has 0 bridgehead atoms. The van der Waals surface area contributed by atoms with E-state index >= 15 is 0 Å². The predicted octanol–water partition coefficient (Wildman–Crippen LogP) is 1.19. The number of carbonyl (C=O) groups is 1. The number of nitrogens with one attached hydrogen (secondary N) is 1. The van der Waals surface area contributed by atoms with Gasteiger partial charge in [0.25, 0.3) is 0 Å². The molecular weight excluding hydrogens is 216 g/mol. The minimum Gasteiger partial charge on any atom is -0.378 e. The molecule has 1 heterocycles. The number of hydrogen-bond acceptors (Lipinski definition) is 3. The summed E-state index contributed by atoms with van der Waals surface area (Å²) in [6.45, 7) is 1.36. The molecule has 1 saturated carbocycles. The van der Waals surface area contributed by atoms with Crippen LogP contribution >= 0.6 is 0 Å². The predicted molar refractivity (Wildman–Crippen MR) is 66.5 cm³/mol. The van der Waals surface area contributed by atoms with Crippen molar-refractivity contribution in [2.75, 3.05) is 13.2 Å². The van der Waals surface area contributed by atoms with E-state index in [1.165, 1.54) is 25.7 Å². The van der Waals surface area contributed by atoms with Crippen molar-refractivity contribution in [3.8, 4) is 0 Å². The van der Waals surface area contributed by atoms with Crippen LogP contribution < -0.4 is 11.1 Å². The van der Waals surface area contributed by atoms with Crippen LogP contribution in [0, 0.1) is 5.92 Å². The van der Waals surface area contributed by atoms with E-state index in [2.05, 4.69) is 5.32 Å². The lowest BCUT2D eigenvalue weighted by Gasteiger charge is -2.23. The second-order valence-corrected chi connectivity index (χ2v) is 5.29. The molecule has 2 fully saturated rings. The quantitative estimate of drug-likeness (QED) is 0.758. The zero-order valence-electron chi connectivity index (χ0n) is 10.5. The monoisotopic (exact) mass is 240 g/mol. The fourth-order valence-electron chi connectivity index (χ4n) is 3.01. The fraction of sp³-hybridized carbons (Fsp3) is 0.923. The molecule has 0 aromatic carbocycles. The Bertz CT molecular complexity index is 246. The molecule has 1 saturated heterocycles. The molecule has 2 atom stereocenters. The second-order valence-electron chi connectivity index (χ2n) is 5.29. The highest BCUT2D eigenvalue weighted by molar-refractivity contribution is 5.76. The number of carbonyl (C=O) groups excluding carboxylic acids is 1. The van der Waals surface area contributed by atoms with Crippen molar-refractivity contribution in [2.24, 2.45) is 11.7 Å². The van der Waals surface area contributed by atoms with Crippen LogP contribution in [-0.4, -0.2) is 31.2 Å². The molecule has 0 aromatic heterocycles. The van der Waals surface area contributed by atoms with E-state index in [-0.39, 0.29) is 18.1 Å². The smallest absolute Gasteiger partial charge is 0.222 e. The summed E-state index contributed by atoms with van der Waals surface area (Å²) in [6.07, 6.45) is 7.72. The summed E-state index contributed by atoms with van der Waals surface area (Å²) >= 11 is 0. The largest absolute Gasteiger partial charge is 0.378 e. The fourth-order valence-corrected chi connectivity index (χ4v) is 3.01. The van der Waals surface area contributed by atoms with Gasteiger partial charge in [0.2, 0.25) is 5.91 Å². The van der Waals surface area contributed by atoms with E-state index in [1.807, 2.05) is 0 Å². The lowest BCUT2D eigenvalue weighted by molar-refractivity contribution is -0.124. The summed E-state index contributed by atoms with van der Waals surface area (Å²) in [7, 11) is 0. The molecule has 2 unspecified atom stereocenters. The van der Waals surface area contributed by atoms with Gasteiger partial charge in [0, 0.05) is 19.2 Å². The van der Waals surface area contributed by atoms with E-state index in [9.17, 15) is 4.79 Å². The van der Waals surface area contributed by atoms with Gasteiger partial charge in [-0.1, -0.05) is 12.8 Å². The third kappa shape index (κ3) is 3.68. The van der Waals surface area contributed by atoms with Gasteiger partial charge in [-0.3, -0.25) is 4.79 Å². The highest BCUT2D eigenvalue weighted by Crippen LogP contribution is 2.27. The van der Waals surface area contributed by atoms with Crippen molar-refractivity contribution >= 4 is 5.91 Å². The normalized spacial score (nSPS) is 27.2. The van der Waals surface area contributed by atoms with Crippen molar-refractivity contribution in [3.63, 3.8) is 0 Å². The highest BCUT2D eigenvalue weighted by Gasteiger charge is 2.26. The van der Waals surface area contributed by atoms with Crippen molar-refractivity contribution in [2.45, 2.75) is 57.1 Å². The topological polar surface area (TPSA) is 64.3 Å². The number of rotatable bonds is 5. The first-order valence-corrected chi connectivity index (χ1v) is 6.90. The van der Waals surface area contributed by atoms with Crippen LogP contribution in [0.1, 0.15) is 44.9 Å². The van der Waals surface area contributed by atoms with E-state index in [1.54, 1.807) is 0 Å². The summed E-state index contributed by atoms with van der Waals surface area (Å²) < 4.78 is 5.47. The van der Waals surface area contributed by atoms with Crippen molar-refractivity contribution in [1.82, 2.24) is 5.32 Å². The Morgan fingerprint density at radius 1 is 1.29 bits per heavy atom. The summed E-state index contributed by atoms with van der Waals surface area (Å²) in [6, 6.07) is 0.173. The van der Waals surface area contributed by atoms with E-state index in [4.69, 9.17) is 10.5 Å². The number of ether oxygens (including phenoxy) is 1. The maximum atomic E-state index is 11.9. The van der Waals surface area contributed by atoms with Crippen LogP contribution in [0.3, 0.4) is 0 Å². The lowest BCUT2D eigenvalue weighted by atomic mass is 9.98. The van der Waals surface area contributed by atoms with Gasteiger partial charge in [-0.05, 0) is 31.6 Å². The lowest BCUT2D eigenvalue weighted by Crippen LogP contribution is -2.45. The minimum absolute atomic E-state index is 0.110. The molecule has 0 radical (unpaired) electrons. The molecule has 4 heteroatoms. The Hall–Kier alpha value is -0.610. The van der Waals surface area contributed by atoms with Crippen LogP contribution in [0.5, 0.6) is 0 Å². The molecule has 1 amide bonds. The van der Waals surface area contributed by atoms with Gasteiger partial charge in [0.1, 0.15) is 0 Å². The molecule has 2 aliphatic rings. The standard InChI is InChI=1S/C13H24N2O2/c14-9-12(10-4-1-2-5-10)15-13(16)8-11-6-3-7-17-11/h10-12H,1-9,14H2,(H,15,16). The van der Waals surface area contributed by atoms with Gasteiger partial charge >= 0.3 is 0 Å². The maximum Gasteiger partial charge on any atom is 0.222 e. The minimum atomic E-state index is 0.110. The van der Waals surface area contributed by atoms with Crippen LogP contribution in [-0.2, 0) is 9.53 Å². The molecule has 0 aromatic rings. The molecular formula is C13H24N2O2. The third-order valence-electron chi connectivity index (χ3n) is 4.01. The Kier molecular flexibility index (Phi) is 4.80. The third-order valence-corrected chi connectivity index (χ3v) is 4.01. The summed E-state index contributed by atoms with van der Waals surface area (Å²) in [5.41, 5.74) is 5.76. The molecule has 3 N–H and O–H groups in total. The highest BCUT2D eigenvalue weighted by atomic mass is 16.5. The maximum absolute atomic E-state index is 11.9. The van der Waals surface area contributed by atoms with Crippen molar-refractivity contribution in [1.29, 1.82) is 0 Å². The van der Waals surface area contributed by atoms with Crippen molar-refractivity contribution in [3.05, 3.63) is 0 Å².